The Morgan fingerprint density at radius 2 is 1.17 bits per heavy atom. The predicted molar refractivity (Wildman–Crippen MR) is 68.2 cm³/mol. The van der Waals surface area contributed by atoms with Crippen molar-refractivity contribution in [2.24, 2.45) is 5.92 Å². The number of aliphatic carboxylic acids is 2. The third-order valence-corrected chi connectivity index (χ3v) is 7.84. The summed E-state index contributed by atoms with van der Waals surface area (Å²) in [5, 5.41) is 22.8. The summed E-state index contributed by atoms with van der Waals surface area (Å²) in [4.78, 5) is 75.0. The van der Waals surface area contributed by atoms with Crippen LogP contribution in [0.4, 0.5) is 0 Å². The molecule has 0 spiro atoms. The number of rotatable bonds is 8. The van der Waals surface area contributed by atoms with E-state index < -0.39 is 57.8 Å². The molecule has 0 aliphatic rings. The van der Waals surface area contributed by atoms with Gasteiger partial charge in [-0.15, -0.1) is 0 Å². The molecule has 23 heavy (non-hydrogen) atoms. The van der Waals surface area contributed by atoms with E-state index in [-0.39, 0.29) is 0 Å². The molecule has 0 aromatic heterocycles. The summed E-state index contributed by atoms with van der Waals surface area (Å²) >= 11 is 0. The Balaban J connectivity index is 6.26. The van der Waals surface area contributed by atoms with E-state index in [0.29, 0.717) is 0 Å². The van der Waals surface area contributed by atoms with Gasteiger partial charge in [0.25, 0.3) is 5.08 Å². The Kier molecular flexibility index (Phi) is 6.50. The van der Waals surface area contributed by atoms with Crippen molar-refractivity contribution in [2.45, 2.75) is 17.2 Å². The fourth-order valence-electron chi connectivity index (χ4n) is 1.59. The van der Waals surface area contributed by atoms with Crippen LogP contribution in [0.1, 0.15) is 6.42 Å². The van der Waals surface area contributed by atoms with E-state index in [1.165, 1.54) is 0 Å². The molecule has 136 valence electrons. The fraction of sp³-hybridized carbons (Fsp3) is 0.667. The lowest BCUT2D eigenvalue weighted by Gasteiger charge is -2.32. The maximum atomic E-state index is 11.1. The molecule has 0 aliphatic carbocycles. The number of carboxylic acids is 2. The van der Waals surface area contributed by atoms with Gasteiger partial charge in [-0.2, -0.15) is 0 Å². The highest BCUT2D eigenvalue weighted by Gasteiger charge is 2.63. The number of carbonyl (C=O) groups is 2. The fourth-order valence-corrected chi connectivity index (χ4v) is 4.80. The van der Waals surface area contributed by atoms with Gasteiger partial charge in [-0.3, -0.25) is 23.3 Å². The molecule has 0 aromatic carbocycles. The molecule has 0 aliphatic heterocycles. The van der Waals surface area contributed by atoms with E-state index in [9.17, 15) is 28.4 Å². The van der Waals surface area contributed by atoms with Crippen LogP contribution >= 0.6 is 22.8 Å². The summed E-state index contributed by atoms with van der Waals surface area (Å²) in [6, 6.07) is 0. The normalized spacial score (nSPS) is 16.7. The van der Waals surface area contributed by atoms with Gasteiger partial charge < -0.3 is 44.7 Å². The largest absolute Gasteiger partial charge is 0.481 e. The van der Waals surface area contributed by atoms with Crippen LogP contribution in [0.3, 0.4) is 0 Å². The lowest BCUT2D eigenvalue weighted by molar-refractivity contribution is -0.149. The Bertz CT molecular complexity index is 598. The highest BCUT2D eigenvalue weighted by atomic mass is 31.2. The number of hydrogen-bond acceptors (Lipinski definition) is 6. The molecule has 0 rings (SSSR count). The van der Waals surface area contributed by atoms with Gasteiger partial charge in [-0.05, 0) is 0 Å². The summed E-state index contributed by atoms with van der Waals surface area (Å²) in [6.45, 7) is 0. The highest BCUT2D eigenvalue weighted by molar-refractivity contribution is 7.72. The topological polar surface area (TPSA) is 267 Å². The molecule has 0 aromatic rings. The Morgan fingerprint density at radius 3 is 1.35 bits per heavy atom. The molecule has 0 amide bonds. The lowest BCUT2D eigenvalue weighted by Crippen LogP contribution is -2.41. The minimum atomic E-state index is -6.14. The van der Waals surface area contributed by atoms with E-state index in [1.54, 1.807) is 0 Å². The maximum absolute atomic E-state index is 11.1. The molecule has 0 saturated carbocycles. The standard InChI is InChI=1S/C6H13O14P3/c7-4(8)2(3(5(9)10)21(12,13)14)1-6(11,22(15,16)17)23(18,19)20/h2-3,11H,1H2,(H,7,8)(H,9,10)(H2,12,13,14)(H2,15,16,17)(H2,18,19,20). The number of aliphatic hydroxyl groups is 1. The Hall–Kier alpha value is -0.650. The minimum absolute atomic E-state index is 2.13. The Labute approximate surface area is 126 Å². The molecule has 0 saturated heterocycles. The molecule has 2 unspecified atom stereocenters. The third kappa shape index (κ3) is 4.91. The van der Waals surface area contributed by atoms with E-state index >= 15 is 0 Å². The quantitative estimate of drug-likeness (QED) is 0.193. The van der Waals surface area contributed by atoms with Crippen LogP contribution in [0.2, 0.25) is 0 Å². The van der Waals surface area contributed by atoms with Crippen LogP contribution in [0, 0.1) is 5.92 Å². The first-order valence-electron chi connectivity index (χ1n) is 5.20. The van der Waals surface area contributed by atoms with E-state index in [2.05, 4.69) is 0 Å². The molecule has 14 nitrogen and oxygen atoms in total. The lowest BCUT2D eigenvalue weighted by atomic mass is 10.0. The molecule has 0 heterocycles. The van der Waals surface area contributed by atoms with Gasteiger partial charge in [-0.1, -0.05) is 0 Å². The van der Waals surface area contributed by atoms with Gasteiger partial charge in [0.1, 0.15) is 0 Å². The average Bonchev–Trinajstić information content (AvgIpc) is 2.21. The molecular weight excluding hydrogens is 389 g/mol. The first-order chi connectivity index (χ1) is 9.86. The van der Waals surface area contributed by atoms with Gasteiger partial charge in [0, 0.05) is 6.42 Å². The highest BCUT2D eigenvalue weighted by Crippen LogP contribution is 2.70. The van der Waals surface area contributed by atoms with Gasteiger partial charge >= 0.3 is 34.7 Å². The Morgan fingerprint density at radius 1 is 0.826 bits per heavy atom. The number of carboxylic acid groups (broad SMARTS) is 2. The molecule has 2 atom stereocenters. The summed E-state index contributed by atoms with van der Waals surface area (Å²) in [6.07, 6.45) is -2.13. The zero-order valence-electron chi connectivity index (χ0n) is 10.8. The van der Waals surface area contributed by atoms with Crippen LogP contribution in [0.25, 0.3) is 0 Å². The molecule has 0 bridgehead atoms. The second kappa shape index (κ2) is 6.69. The van der Waals surface area contributed by atoms with Gasteiger partial charge in [0.15, 0.2) is 5.66 Å². The first-order valence-corrected chi connectivity index (χ1v) is 10.1. The average molecular weight is 402 g/mol. The SMILES string of the molecule is O=C(O)C(CC(O)(P(=O)(O)O)P(=O)(O)O)C(C(=O)O)P(=O)(O)O. The van der Waals surface area contributed by atoms with Crippen molar-refractivity contribution in [3.63, 3.8) is 0 Å². The van der Waals surface area contributed by atoms with Crippen LogP contribution in [0.15, 0.2) is 0 Å². The molecule has 9 N–H and O–H groups in total. The van der Waals surface area contributed by atoms with E-state index in [0.717, 1.165) is 0 Å². The van der Waals surface area contributed by atoms with Gasteiger partial charge in [0.05, 0.1) is 5.92 Å². The summed E-state index contributed by atoms with van der Waals surface area (Å²) in [5.74, 6) is -7.69. The van der Waals surface area contributed by atoms with Crippen LogP contribution in [-0.2, 0) is 23.3 Å². The molecular formula is C6H13O14P3. The summed E-state index contributed by atoms with van der Waals surface area (Å²) in [7, 11) is -18.0. The number of hydrogen-bond donors (Lipinski definition) is 9. The van der Waals surface area contributed by atoms with Crippen LogP contribution < -0.4 is 0 Å². The summed E-state index contributed by atoms with van der Waals surface area (Å²) < 4.78 is 33.3. The maximum Gasteiger partial charge on any atom is 0.369 e. The molecule has 0 radical (unpaired) electrons. The second-order valence-corrected chi connectivity index (χ2v) is 10.1. The first kappa shape index (κ1) is 22.4. The van der Waals surface area contributed by atoms with E-state index in [4.69, 9.17) is 39.6 Å². The zero-order chi connectivity index (χ0) is 19.0. The van der Waals surface area contributed by atoms with Crippen molar-refractivity contribution in [3.8, 4) is 0 Å². The third-order valence-electron chi connectivity index (χ3n) is 2.74. The van der Waals surface area contributed by atoms with Gasteiger partial charge in [-0.25, -0.2) is 0 Å². The molecule has 17 heteroatoms. The van der Waals surface area contributed by atoms with Crippen LogP contribution in [0.5, 0.6) is 0 Å². The minimum Gasteiger partial charge on any atom is -0.481 e. The van der Waals surface area contributed by atoms with Crippen LogP contribution in [-0.4, -0.2) is 67.4 Å². The van der Waals surface area contributed by atoms with E-state index in [1.807, 2.05) is 0 Å². The second-order valence-electron chi connectivity index (χ2n) is 4.38. The van der Waals surface area contributed by atoms with Crippen molar-refractivity contribution in [1.82, 2.24) is 0 Å². The zero-order valence-corrected chi connectivity index (χ0v) is 13.5. The monoisotopic (exact) mass is 402 g/mol. The van der Waals surface area contributed by atoms with Crippen molar-refractivity contribution in [1.29, 1.82) is 0 Å². The van der Waals surface area contributed by atoms with Gasteiger partial charge in [0.2, 0.25) is 0 Å². The van der Waals surface area contributed by atoms with Crippen molar-refractivity contribution in [2.75, 3.05) is 0 Å². The summed E-state index contributed by atoms with van der Waals surface area (Å²) in [5.41, 5.74) is -3.11. The smallest absolute Gasteiger partial charge is 0.369 e. The van der Waals surface area contributed by atoms with Crippen molar-refractivity contribution >= 4 is 34.7 Å². The van der Waals surface area contributed by atoms with Crippen molar-refractivity contribution in [3.05, 3.63) is 0 Å². The molecule has 0 fully saturated rings. The van der Waals surface area contributed by atoms with Crippen molar-refractivity contribution < 1.29 is 68.0 Å². The predicted octanol–water partition coefficient (Wildman–Crippen LogP) is -2.29.